The molecule has 2 saturated carbocycles. The van der Waals surface area contributed by atoms with E-state index in [1.807, 2.05) is 0 Å². The van der Waals surface area contributed by atoms with Crippen LogP contribution in [-0.2, 0) is 0 Å². The molecule has 1 heteroatoms. The van der Waals surface area contributed by atoms with E-state index in [1.165, 1.54) is 64.3 Å². The van der Waals surface area contributed by atoms with E-state index < -0.39 is 0 Å². The Morgan fingerprint density at radius 3 is 2.20 bits per heavy atom. The Morgan fingerprint density at radius 2 is 1.60 bits per heavy atom. The van der Waals surface area contributed by atoms with Crippen molar-refractivity contribution in [1.29, 1.82) is 0 Å². The lowest BCUT2D eigenvalue weighted by atomic mass is 9.69. The van der Waals surface area contributed by atoms with Gasteiger partial charge in [0.2, 0.25) is 0 Å². The van der Waals surface area contributed by atoms with Gasteiger partial charge in [0.1, 0.15) is 0 Å². The van der Waals surface area contributed by atoms with Gasteiger partial charge in [0.15, 0.2) is 0 Å². The second-order valence-electron chi connectivity index (χ2n) is 8.62. The number of rotatable bonds is 5. The fourth-order valence-electron chi connectivity index (χ4n) is 4.46. The van der Waals surface area contributed by atoms with E-state index in [-0.39, 0.29) is 5.54 Å². The van der Waals surface area contributed by atoms with E-state index in [2.05, 4.69) is 33.0 Å². The zero-order valence-electron chi connectivity index (χ0n) is 14.4. The van der Waals surface area contributed by atoms with Gasteiger partial charge in [0.25, 0.3) is 0 Å². The maximum atomic E-state index is 3.78. The van der Waals surface area contributed by atoms with Crippen LogP contribution in [0.1, 0.15) is 85.5 Å². The van der Waals surface area contributed by atoms with Crippen LogP contribution in [0, 0.1) is 23.7 Å². The van der Waals surface area contributed by atoms with Crippen molar-refractivity contribution in [2.75, 3.05) is 6.54 Å². The van der Waals surface area contributed by atoms with E-state index in [1.54, 1.807) is 0 Å². The quantitative estimate of drug-likeness (QED) is 0.710. The Hall–Kier alpha value is -0.0400. The van der Waals surface area contributed by atoms with E-state index in [9.17, 15) is 0 Å². The molecule has 0 radical (unpaired) electrons. The van der Waals surface area contributed by atoms with Crippen molar-refractivity contribution < 1.29 is 0 Å². The van der Waals surface area contributed by atoms with Gasteiger partial charge in [-0.1, -0.05) is 45.4 Å². The predicted octanol–water partition coefficient (Wildman–Crippen LogP) is 5.40. The Bertz CT molecular complexity index is 272. The van der Waals surface area contributed by atoms with Gasteiger partial charge >= 0.3 is 0 Å². The number of hydrogen-bond acceptors (Lipinski definition) is 1. The van der Waals surface area contributed by atoms with Gasteiger partial charge in [-0.2, -0.15) is 0 Å². The van der Waals surface area contributed by atoms with Gasteiger partial charge < -0.3 is 5.32 Å². The van der Waals surface area contributed by atoms with Gasteiger partial charge in [-0.25, -0.2) is 0 Å². The fourth-order valence-corrected chi connectivity index (χ4v) is 4.46. The Kier molecular flexibility index (Phi) is 5.95. The lowest BCUT2D eigenvalue weighted by Gasteiger charge is -2.39. The molecular formula is C19H37N. The zero-order chi connectivity index (χ0) is 14.6. The second kappa shape index (κ2) is 7.29. The van der Waals surface area contributed by atoms with Crippen LogP contribution >= 0.6 is 0 Å². The molecule has 2 aliphatic rings. The molecule has 0 aromatic rings. The smallest absolute Gasteiger partial charge is 0.00966 e. The molecule has 2 fully saturated rings. The third kappa shape index (κ3) is 5.06. The summed E-state index contributed by atoms with van der Waals surface area (Å²) in [5, 5.41) is 3.78. The first kappa shape index (κ1) is 16.3. The average Bonchev–Trinajstić information content (AvgIpc) is 2.89. The third-order valence-corrected chi connectivity index (χ3v) is 5.83. The Balaban J connectivity index is 1.88. The molecule has 0 amide bonds. The van der Waals surface area contributed by atoms with Gasteiger partial charge in [-0.05, 0) is 70.3 Å². The molecule has 3 unspecified atom stereocenters. The second-order valence-corrected chi connectivity index (χ2v) is 8.62. The molecule has 2 rings (SSSR count). The summed E-state index contributed by atoms with van der Waals surface area (Å²) in [5.74, 6) is 4.03. The highest BCUT2D eigenvalue weighted by atomic mass is 14.9. The van der Waals surface area contributed by atoms with Crippen LogP contribution in [0.25, 0.3) is 0 Å². The van der Waals surface area contributed by atoms with Crippen LogP contribution in [0.4, 0.5) is 0 Å². The topological polar surface area (TPSA) is 12.0 Å². The third-order valence-electron chi connectivity index (χ3n) is 5.83. The summed E-state index contributed by atoms with van der Waals surface area (Å²) in [6.45, 7) is 10.5. The molecule has 118 valence electrons. The lowest BCUT2D eigenvalue weighted by Crippen LogP contribution is -2.42. The first-order chi connectivity index (χ1) is 9.48. The maximum absolute atomic E-state index is 3.78. The predicted molar refractivity (Wildman–Crippen MR) is 88.9 cm³/mol. The zero-order valence-corrected chi connectivity index (χ0v) is 14.4. The molecular weight excluding hydrogens is 242 g/mol. The summed E-state index contributed by atoms with van der Waals surface area (Å²) in [5.41, 5.74) is 0.277. The van der Waals surface area contributed by atoms with Gasteiger partial charge in [0, 0.05) is 5.54 Å². The van der Waals surface area contributed by atoms with Crippen molar-refractivity contribution in [3.63, 3.8) is 0 Å². The Morgan fingerprint density at radius 1 is 0.900 bits per heavy atom. The molecule has 1 N–H and O–H groups in total. The molecule has 0 aromatic heterocycles. The van der Waals surface area contributed by atoms with E-state index in [4.69, 9.17) is 0 Å². The normalized spacial score (nSPS) is 32.7. The largest absolute Gasteiger partial charge is 0.312 e. The molecule has 2 aliphatic carbocycles. The molecule has 0 aliphatic heterocycles. The van der Waals surface area contributed by atoms with Crippen molar-refractivity contribution in [2.24, 2.45) is 23.7 Å². The van der Waals surface area contributed by atoms with Crippen molar-refractivity contribution >= 4 is 0 Å². The first-order valence-electron chi connectivity index (χ1n) is 9.23. The van der Waals surface area contributed by atoms with Crippen molar-refractivity contribution in [2.45, 2.75) is 91.0 Å². The molecule has 0 spiro atoms. The fraction of sp³-hybridized carbons (Fsp3) is 1.00. The molecule has 0 saturated heterocycles. The number of hydrogen-bond donors (Lipinski definition) is 1. The van der Waals surface area contributed by atoms with Crippen molar-refractivity contribution in [3.05, 3.63) is 0 Å². The summed E-state index contributed by atoms with van der Waals surface area (Å²) in [4.78, 5) is 0. The molecule has 1 nitrogen and oxygen atoms in total. The molecule has 3 atom stereocenters. The SMILES string of the molecule is CCC1CCC(CNC(C)(C)C)C(CC2CCCC2)C1. The van der Waals surface area contributed by atoms with E-state index in [0.29, 0.717) is 0 Å². The van der Waals surface area contributed by atoms with Gasteiger partial charge in [-0.3, -0.25) is 0 Å². The molecule has 20 heavy (non-hydrogen) atoms. The standard InChI is InChI=1S/C19H37N/c1-5-15-10-11-17(14-20-19(2,3)4)18(12-15)13-16-8-6-7-9-16/h15-18,20H,5-14H2,1-4H3. The minimum absolute atomic E-state index is 0.277. The summed E-state index contributed by atoms with van der Waals surface area (Å²) >= 11 is 0. The summed E-state index contributed by atoms with van der Waals surface area (Å²) in [6, 6.07) is 0. The summed E-state index contributed by atoms with van der Waals surface area (Å²) in [7, 11) is 0. The highest BCUT2D eigenvalue weighted by Gasteiger charge is 2.32. The number of nitrogens with one attached hydrogen (secondary N) is 1. The monoisotopic (exact) mass is 279 g/mol. The Labute approximate surface area is 127 Å². The van der Waals surface area contributed by atoms with Gasteiger partial charge in [0.05, 0.1) is 0 Å². The highest BCUT2D eigenvalue weighted by Crippen LogP contribution is 2.41. The minimum Gasteiger partial charge on any atom is -0.312 e. The summed E-state index contributed by atoms with van der Waals surface area (Å²) in [6.07, 6.45) is 13.4. The summed E-state index contributed by atoms with van der Waals surface area (Å²) < 4.78 is 0. The van der Waals surface area contributed by atoms with Crippen LogP contribution in [-0.4, -0.2) is 12.1 Å². The first-order valence-corrected chi connectivity index (χ1v) is 9.23. The van der Waals surface area contributed by atoms with Crippen LogP contribution in [0.5, 0.6) is 0 Å². The molecule has 0 aromatic carbocycles. The highest BCUT2D eigenvalue weighted by molar-refractivity contribution is 4.85. The minimum atomic E-state index is 0.277. The van der Waals surface area contributed by atoms with Crippen LogP contribution < -0.4 is 5.32 Å². The lowest BCUT2D eigenvalue weighted by molar-refractivity contribution is 0.139. The maximum Gasteiger partial charge on any atom is 0.00966 e. The van der Waals surface area contributed by atoms with Gasteiger partial charge in [-0.15, -0.1) is 0 Å². The molecule has 0 bridgehead atoms. The van der Waals surface area contributed by atoms with E-state index in [0.717, 1.165) is 23.7 Å². The van der Waals surface area contributed by atoms with Crippen molar-refractivity contribution in [3.8, 4) is 0 Å². The van der Waals surface area contributed by atoms with Crippen LogP contribution in [0.3, 0.4) is 0 Å². The van der Waals surface area contributed by atoms with Crippen molar-refractivity contribution in [1.82, 2.24) is 5.32 Å². The van der Waals surface area contributed by atoms with E-state index >= 15 is 0 Å². The van der Waals surface area contributed by atoms with Crippen LogP contribution in [0.2, 0.25) is 0 Å². The molecule has 0 heterocycles. The average molecular weight is 280 g/mol. The van der Waals surface area contributed by atoms with Crippen LogP contribution in [0.15, 0.2) is 0 Å².